The predicted octanol–water partition coefficient (Wildman–Crippen LogP) is 1.27. The Balaban J connectivity index is 2.54. The molecule has 7 heteroatoms. The molecule has 0 spiro atoms. The average Bonchev–Trinajstić information content (AvgIpc) is 2.53. The van der Waals surface area contributed by atoms with Gasteiger partial charge in [0.15, 0.2) is 5.69 Å². The highest BCUT2D eigenvalue weighted by molar-refractivity contribution is 5.86. The van der Waals surface area contributed by atoms with Crippen molar-refractivity contribution in [3.63, 3.8) is 0 Å². The summed E-state index contributed by atoms with van der Waals surface area (Å²) in [6.45, 7) is 0. The van der Waals surface area contributed by atoms with E-state index in [0.29, 0.717) is 17.1 Å². The summed E-state index contributed by atoms with van der Waals surface area (Å²) < 4.78 is 10.3. The molecule has 0 aliphatic rings. The quantitative estimate of drug-likeness (QED) is 0.855. The Hall–Kier alpha value is -2.67. The standard InChI is InChI=1S/C14H14N2O5/c1-20-8-3-4-10(21-2)9(7-8)13(17)11-12(14(18)19)16-6-5-15-11/h3-7,13,17H,1-2H3,(H,18,19). The summed E-state index contributed by atoms with van der Waals surface area (Å²) in [6.07, 6.45) is 1.27. The highest BCUT2D eigenvalue weighted by atomic mass is 16.5. The number of nitrogens with zero attached hydrogens (tertiary/aromatic N) is 2. The average molecular weight is 290 g/mol. The third-order valence-electron chi connectivity index (χ3n) is 2.92. The van der Waals surface area contributed by atoms with Crippen molar-refractivity contribution < 1.29 is 24.5 Å². The highest BCUT2D eigenvalue weighted by Crippen LogP contribution is 2.33. The van der Waals surface area contributed by atoms with Crippen molar-refractivity contribution in [2.45, 2.75) is 6.10 Å². The number of rotatable bonds is 5. The lowest BCUT2D eigenvalue weighted by atomic mass is 10.0. The van der Waals surface area contributed by atoms with Crippen molar-refractivity contribution in [3.8, 4) is 11.5 Å². The number of carbonyl (C=O) groups is 1. The molecule has 1 aromatic heterocycles. The minimum Gasteiger partial charge on any atom is -0.497 e. The molecule has 0 bridgehead atoms. The number of benzene rings is 1. The number of hydrogen-bond acceptors (Lipinski definition) is 6. The number of aromatic carboxylic acids is 1. The Bertz CT molecular complexity index is 660. The maximum Gasteiger partial charge on any atom is 0.356 e. The monoisotopic (exact) mass is 290 g/mol. The minimum absolute atomic E-state index is 0.0587. The van der Waals surface area contributed by atoms with E-state index in [1.54, 1.807) is 18.2 Å². The molecule has 0 saturated heterocycles. The molecule has 7 nitrogen and oxygen atoms in total. The fraction of sp³-hybridized carbons (Fsp3) is 0.214. The Morgan fingerprint density at radius 3 is 2.52 bits per heavy atom. The number of aliphatic hydroxyl groups excluding tert-OH is 1. The van der Waals surface area contributed by atoms with Gasteiger partial charge >= 0.3 is 5.97 Å². The molecule has 0 aliphatic heterocycles. The predicted molar refractivity (Wildman–Crippen MR) is 72.6 cm³/mol. The third-order valence-corrected chi connectivity index (χ3v) is 2.92. The van der Waals surface area contributed by atoms with Gasteiger partial charge in [0.1, 0.15) is 23.3 Å². The van der Waals surface area contributed by atoms with E-state index in [-0.39, 0.29) is 11.4 Å². The van der Waals surface area contributed by atoms with Crippen LogP contribution in [0, 0.1) is 0 Å². The Labute approximate surface area is 120 Å². The molecule has 21 heavy (non-hydrogen) atoms. The lowest BCUT2D eigenvalue weighted by molar-refractivity contribution is 0.0683. The van der Waals surface area contributed by atoms with Gasteiger partial charge in [-0.05, 0) is 18.2 Å². The molecule has 1 atom stereocenters. The first-order valence-corrected chi connectivity index (χ1v) is 6.02. The summed E-state index contributed by atoms with van der Waals surface area (Å²) in [4.78, 5) is 18.8. The van der Waals surface area contributed by atoms with Gasteiger partial charge in [0.2, 0.25) is 0 Å². The largest absolute Gasteiger partial charge is 0.497 e. The first kappa shape index (κ1) is 14.7. The molecule has 0 radical (unpaired) electrons. The summed E-state index contributed by atoms with van der Waals surface area (Å²) in [7, 11) is 2.94. The fourth-order valence-electron chi connectivity index (χ4n) is 1.91. The number of ether oxygens (including phenoxy) is 2. The molecule has 0 saturated carbocycles. The summed E-state index contributed by atoms with van der Waals surface area (Å²) >= 11 is 0. The minimum atomic E-state index is -1.30. The van der Waals surface area contributed by atoms with Gasteiger partial charge in [-0.15, -0.1) is 0 Å². The third kappa shape index (κ3) is 2.92. The number of hydrogen-bond donors (Lipinski definition) is 2. The molecule has 1 heterocycles. The molecule has 2 aromatic rings. The Morgan fingerprint density at radius 2 is 1.90 bits per heavy atom. The normalized spacial score (nSPS) is 11.8. The fourth-order valence-corrected chi connectivity index (χ4v) is 1.91. The summed E-state index contributed by atoms with van der Waals surface area (Å²) in [5, 5.41) is 19.6. The molecule has 2 rings (SSSR count). The van der Waals surface area contributed by atoms with Gasteiger partial charge in [0.05, 0.1) is 14.2 Å². The van der Waals surface area contributed by atoms with Crippen LogP contribution in [0.4, 0.5) is 0 Å². The van der Waals surface area contributed by atoms with Crippen LogP contribution in [0.2, 0.25) is 0 Å². The van der Waals surface area contributed by atoms with Crippen LogP contribution in [-0.4, -0.2) is 40.4 Å². The zero-order valence-corrected chi connectivity index (χ0v) is 11.5. The second-order valence-electron chi connectivity index (χ2n) is 4.11. The van der Waals surface area contributed by atoms with Crippen molar-refractivity contribution >= 4 is 5.97 Å². The summed E-state index contributed by atoms with van der Waals surface area (Å²) in [5.41, 5.74) is -0.0220. The molecule has 2 N–H and O–H groups in total. The van der Waals surface area contributed by atoms with E-state index in [9.17, 15) is 9.90 Å². The van der Waals surface area contributed by atoms with Crippen molar-refractivity contribution in [1.29, 1.82) is 0 Å². The van der Waals surface area contributed by atoms with E-state index in [1.807, 2.05) is 0 Å². The topological polar surface area (TPSA) is 102 Å². The van der Waals surface area contributed by atoms with Gasteiger partial charge in [-0.1, -0.05) is 0 Å². The van der Waals surface area contributed by atoms with Crippen molar-refractivity contribution in [3.05, 3.63) is 47.5 Å². The van der Waals surface area contributed by atoms with Crippen LogP contribution in [0.5, 0.6) is 11.5 Å². The van der Waals surface area contributed by atoms with E-state index in [2.05, 4.69) is 9.97 Å². The van der Waals surface area contributed by atoms with Gasteiger partial charge in [-0.2, -0.15) is 0 Å². The smallest absolute Gasteiger partial charge is 0.356 e. The zero-order chi connectivity index (χ0) is 15.4. The lowest BCUT2D eigenvalue weighted by Gasteiger charge is -2.16. The van der Waals surface area contributed by atoms with E-state index >= 15 is 0 Å². The van der Waals surface area contributed by atoms with Crippen LogP contribution in [-0.2, 0) is 0 Å². The van der Waals surface area contributed by atoms with Gasteiger partial charge in [-0.25, -0.2) is 9.78 Å². The SMILES string of the molecule is COc1ccc(OC)c(C(O)c2nccnc2C(=O)O)c1. The van der Waals surface area contributed by atoms with Gasteiger partial charge in [-0.3, -0.25) is 4.98 Å². The van der Waals surface area contributed by atoms with Crippen molar-refractivity contribution in [2.24, 2.45) is 0 Å². The van der Waals surface area contributed by atoms with Crippen molar-refractivity contribution in [1.82, 2.24) is 9.97 Å². The number of methoxy groups -OCH3 is 2. The molecular formula is C14H14N2O5. The highest BCUT2D eigenvalue weighted by Gasteiger charge is 2.24. The second kappa shape index (κ2) is 6.19. The van der Waals surface area contributed by atoms with Gasteiger partial charge in [0.25, 0.3) is 0 Å². The van der Waals surface area contributed by atoms with Crippen LogP contribution >= 0.6 is 0 Å². The van der Waals surface area contributed by atoms with Crippen LogP contribution in [0.15, 0.2) is 30.6 Å². The van der Waals surface area contributed by atoms with Gasteiger partial charge < -0.3 is 19.7 Å². The van der Waals surface area contributed by atoms with Crippen molar-refractivity contribution in [2.75, 3.05) is 14.2 Å². The molecule has 0 fully saturated rings. The molecule has 1 aromatic carbocycles. The van der Waals surface area contributed by atoms with Crippen LogP contribution in [0.25, 0.3) is 0 Å². The maximum absolute atomic E-state index is 11.2. The van der Waals surface area contributed by atoms with Gasteiger partial charge in [0, 0.05) is 18.0 Å². The maximum atomic E-state index is 11.2. The second-order valence-corrected chi connectivity index (χ2v) is 4.11. The Morgan fingerprint density at radius 1 is 1.19 bits per heavy atom. The van der Waals surface area contributed by atoms with E-state index in [1.165, 1.54) is 26.6 Å². The first-order valence-electron chi connectivity index (χ1n) is 6.02. The molecular weight excluding hydrogens is 276 g/mol. The summed E-state index contributed by atoms with van der Waals surface area (Å²) in [5.74, 6) is -0.366. The Kier molecular flexibility index (Phi) is 4.34. The van der Waals surface area contributed by atoms with Crippen LogP contribution < -0.4 is 9.47 Å². The van der Waals surface area contributed by atoms with Crippen LogP contribution in [0.3, 0.4) is 0 Å². The zero-order valence-electron chi connectivity index (χ0n) is 11.5. The number of carboxylic acid groups (broad SMARTS) is 1. The molecule has 0 amide bonds. The molecule has 0 aliphatic carbocycles. The number of aliphatic hydroxyl groups is 1. The summed E-state index contributed by atoms with van der Waals surface area (Å²) in [6, 6.07) is 4.85. The molecule has 110 valence electrons. The van der Waals surface area contributed by atoms with E-state index < -0.39 is 12.1 Å². The van der Waals surface area contributed by atoms with Crippen LogP contribution in [0.1, 0.15) is 27.8 Å². The number of aromatic nitrogens is 2. The lowest BCUT2D eigenvalue weighted by Crippen LogP contribution is -2.13. The van der Waals surface area contributed by atoms with E-state index in [4.69, 9.17) is 14.6 Å². The number of carboxylic acids is 1. The first-order chi connectivity index (χ1) is 10.1. The molecule has 1 unspecified atom stereocenters. The van der Waals surface area contributed by atoms with E-state index in [0.717, 1.165) is 0 Å².